The van der Waals surface area contributed by atoms with Crippen LogP contribution in [0.1, 0.15) is 12.8 Å². The SMILES string of the molecule is COc1ccc(S(=O)(=O)N(CCCN2CCOCC2)[C@@H]2CCS(=O)(=O)C2)cc1. The lowest BCUT2D eigenvalue weighted by Crippen LogP contribution is -2.43. The fourth-order valence-corrected chi connectivity index (χ4v) is 7.18. The van der Waals surface area contributed by atoms with Crippen LogP contribution >= 0.6 is 0 Å². The molecule has 0 aromatic heterocycles. The predicted octanol–water partition coefficient (Wildman–Crippen LogP) is 0.595. The number of hydrogen-bond donors (Lipinski definition) is 0. The van der Waals surface area contributed by atoms with Gasteiger partial charge in [-0.2, -0.15) is 4.31 Å². The molecule has 0 radical (unpaired) electrons. The number of nitrogens with zero attached hydrogens (tertiary/aromatic N) is 2. The van der Waals surface area contributed by atoms with Gasteiger partial charge in [-0.1, -0.05) is 0 Å². The Morgan fingerprint density at radius 3 is 2.46 bits per heavy atom. The first-order valence-corrected chi connectivity index (χ1v) is 12.7. The minimum atomic E-state index is -3.79. The molecule has 0 unspecified atom stereocenters. The Morgan fingerprint density at radius 1 is 1.21 bits per heavy atom. The zero-order chi connectivity index (χ0) is 20.2. The Bertz CT molecular complexity index is 849. The number of rotatable bonds is 8. The van der Waals surface area contributed by atoms with Crippen LogP contribution in [0, 0.1) is 0 Å². The maximum atomic E-state index is 13.3. The summed E-state index contributed by atoms with van der Waals surface area (Å²) in [7, 11) is -5.47. The van der Waals surface area contributed by atoms with Crippen molar-refractivity contribution in [3.8, 4) is 5.75 Å². The van der Waals surface area contributed by atoms with Gasteiger partial charge in [-0.3, -0.25) is 4.90 Å². The second-order valence-electron chi connectivity index (χ2n) is 7.16. The Morgan fingerprint density at radius 2 is 1.89 bits per heavy atom. The third kappa shape index (κ3) is 5.24. The summed E-state index contributed by atoms with van der Waals surface area (Å²) in [6.45, 7) is 4.11. The molecule has 3 rings (SSSR count). The first kappa shape index (κ1) is 21.5. The highest BCUT2D eigenvalue weighted by atomic mass is 32.2. The summed E-state index contributed by atoms with van der Waals surface area (Å²) in [4.78, 5) is 2.40. The third-order valence-corrected chi connectivity index (χ3v) is 8.95. The van der Waals surface area contributed by atoms with Crippen LogP contribution in [0.4, 0.5) is 0 Å². The Kier molecular flexibility index (Phi) is 6.98. The lowest BCUT2D eigenvalue weighted by Gasteiger charge is -2.30. The van der Waals surface area contributed by atoms with E-state index in [9.17, 15) is 16.8 Å². The summed E-state index contributed by atoms with van der Waals surface area (Å²) < 4.78 is 62.3. The molecule has 0 amide bonds. The molecule has 0 saturated carbocycles. The van der Waals surface area contributed by atoms with Gasteiger partial charge in [-0.05, 0) is 43.7 Å². The molecule has 1 aromatic carbocycles. The van der Waals surface area contributed by atoms with Crippen molar-refractivity contribution in [3.63, 3.8) is 0 Å². The van der Waals surface area contributed by atoms with Crippen molar-refractivity contribution < 1.29 is 26.3 Å². The van der Waals surface area contributed by atoms with Gasteiger partial charge in [0.25, 0.3) is 0 Å². The molecule has 0 spiro atoms. The van der Waals surface area contributed by atoms with Crippen LogP contribution in [0.25, 0.3) is 0 Å². The average Bonchev–Trinajstić information content (AvgIpc) is 3.05. The van der Waals surface area contributed by atoms with E-state index in [1.807, 2.05) is 0 Å². The molecular weight excluding hydrogens is 404 g/mol. The monoisotopic (exact) mass is 432 g/mol. The van der Waals surface area contributed by atoms with Gasteiger partial charge >= 0.3 is 0 Å². The molecule has 2 heterocycles. The summed E-state index contributed by atoms with van der Waals surface area (Å²) in [5.74, 6) is 0.497. The third-order valence-electron chi connectivity index (χ3n) is 5.24. The maximum absolute atomic E-state index is 13.3. The van der Waals surface area contributed by atoms with Gasteiger partial charge in [0.1, 0.15) is 5.75 Å². The number of hydrogen-bond acceptors (Lipinski definition) is 7. The molecule has 2 aliphatic heterocycles. The van der Waals surface area contributed by atoms with Crippen LogP contribution in [0.5, 0.6) is 5.75 Å². The predicted molar refractivity (Wildman–Crippen MR) is 106 cm³/mol. The quantitative estimate of drug-likeness (QED) is 0.594. The average molecular weight is 433 g/mol. The largest absolute Gasteiger partial charge is 0.497 e. The van der Waals surface area contributed by atoms with Crippen molar-refractivity contribution in [2.45, 2.75) is 23.8 Å². The molecule has 2 aliphatic rings. The van der Waals surface area contributed by atoms with Crippen LogP contribution in [0.15, 0.2) is 29.2 Å². The molecule has 2 saturated heterocycles. The van der Waals surface area contributed by atoms with E-state index in [4.69, 9.17) is 9.47 Å². The summed E-state index contributed by atoms with van der Waals surface area (Å²) in [5.41, 5.74) is 0. The highest BCUT2D eigenvalue weighted by Crippen LogP contribution is 2.26. The van der Waals surface area contributed by atoms with Crippen LogP contribution in [-0.4, -0.2) is 90.1 Å². The Hall–Kier alpha value is -1.20. The van der Waals surface area contributed by atoms with Crippen molar-refractivity contribution in [2.75, 3.05) is 58.0 Å². The van der Waals surface area contributed by atoms with E-state index in [1.165, 1.54) is 23.5 Å². The number of methoxy groups -OCH3 is 1. The van der Waals surface area contributed by atoms with Crippen LogP contribution in [0.2, 0.25) is 0 Å². The summed E-state index contributed by atoms with van der Waals surface area (Å²) >= 11 is 0. The van der Waals surface area contributed by atoms with Crippen LogP contribution < -0.4 is 4.74 Å². The molecule has 8 nitrogen and oxygen atoms in total. The first-order chi connectivity index (χ1) is 13.3. The molecule has 0 bridgehead atoms. The van der Waals surface area contributed by atoms with Crippen molar-refractivity contribution in [3.05, 3.63) is 24.3 Å². The first-order valence-electron chi connectivity index (χ1n) is 9.48. The smallest absolute Gasteiger partial charge is 0.243 e. The van der Waals surface area contributed by atoms with E-state index < -0.39 is 25.9 Å². The molecular formula is C18H28N2O6S2. The van der Waals surface area contributed by atoms with Crippen LogP contribution in [-0.2, 0) is 24.6 Å². The second-order valence-corrected chi connectivity index (χ2v) is 11.3. The van der Waals surface area contributed by atoms with Crippen LogP contribution in [0.3, 0.4) is 0 Å². The number of ether oxygens (including phenoxy) is 2. The Labute approximate surface area is 167 Å². The van der Waals surface area contributed by atoms with E-state index >= 15 is 0 Å². The zero-order valence-electron chi connectivity index (χ0n) is 16.1. The second kappa shape index (κ2) is 9.08. The number of benzene rings is 1. The molecule has 28 heavy (non-hydrogen) atoms. The molecule has 1 atom stereocenters. The minimum Gasteiger partial charge on any atom is -0.497 e. The van der Waals surface area contributed by atoms with Gasteiger partial charge in [0.15, 0.2) is 9.84 Å². The zero-order valence-corrected chi connectivity index (χ0v) is 17.8. The molecule has 158 valence electrons. The van der Waals surface area contributed by atoms with E-state index in [1.54, 1.807) is 12.1 Å². The van der Waals surface area contributed by atoms with E-state index in [-0.39, 0.29) is 16.4 Å². The van der Waals surface area contributed by atoms with Gasteiger partial charge in [0.05, 0.1) is 36.7 Å². The molecule has 0 aliphatic carbocycles. The molecule has 0 N–H and O–H groups in total. The fourth-order valence-electron chi connectivity index (χ4n) is 3.66. The van der Waals surface area contributed by atoms with Crippen molar-refractivity contribution in [1.82, 2.24) is 9.21 Å². The normalized spacial score (nSPS) is 23.1. The number of morpholine rings is 1. The Balaban J connectivity index is 1.76. The topological polar surface area (TPSA) is 93.2 Å². The van der Waals surface area contributed by atoms with Gasteiger partial charge in [-0.25, -0.2) is 16.8 Å². The summed E-state index contributed by atoms with van der Waals surface area (Å²) in [5, 5.41) is 0. The fraction of sp³-hybridized carbons (Fsp3) is 0.667. The van der Waals surface area contributed by atoms with Gasteiger partial charge in [0.2, 0.25) is 10.0 Å². The lowest BCUT2D eigenvalue weighted by molar-refractivity contribution is 0.0367. The van der Waals surface area contributed by atoms with Gasteiger partial charge < -0.3 is 9.47 Å². The van der Waals surface area contributed by atoms with Gasteiger partial charge in [-0.15, -0.1) is 0 Å². The van der Waals surface area contributed by atoms with E-state index in [2.05, 4.69) is 4.90 Å². The summed E-state index contributed by atoms with van der Waals surface area (Å²) in [6, 6.07) is 5.70. The van der Waals surface area contributed by atoms with Crippen molar-refractivity contribution in [1.29, 1.82) is 0 Å². The van der Waals surface area contributed by atoms with Crippen molar-refractivity contribution in [2.24, 2.45) is 0 Å². The van der Waals surface area contributed by atoms with Crippen molar-refractivity contribution >= 4 is 19.9 Å². The number of sulfone groups is 1. The maximum Gasteiger partial charge on any atom is 0.243 e. The highest BCUT2D eigenvalue weighted by molar-refractivity contribution is 7.92. The number of sulfonamides is 1. The standard InChI is InChI=1S/C18H28N2O6S2/c1-25-17-3-5-18(6-4-17)28(23,24)20(16-7-14-27(21,22)15-16)9-2-8-19-10-12-26-13-11-19/h3-6,16H,2,7-15H2,1H3/t16-/m1/s1. The molecule has 1 aromatic rings. The summed E-state index contributed by atoms with van der Waals surface area (Å²) in [6.07, 6.45) is 0.987. The highest BCUT2D eigenvalue weighted by Gasteiger charge is 2.38. The lowest BCUT2D eigenvalue weighted by atomic mass is 10.2. The minimum absolute atomic E-state index is 0.0375. The molecule has 10 heteroatoms. The molecule has 2 fully saturated rings. The van der Waals surface area contributed by atoms with E-state index in [0.29, 0.717) is 38.3 Å². The van der Waals surface area contributed by atoms with Gasteiger partial charge in [0, 0.05) is 25.7 Å². The van der Waals surface area contributed by atoms with E-state index in [0.717, 1.165) is 19.6 Å².